The zero-order valence-corrected chi connectivity index (χ0v) is 12.5. The summed E-state index contributed by atoms with van der Waals surface area (Å²) in [6.45, 7) is 2.57. The Morgan fingerprint density at radius 2 is 1.95 bits per heavy atom. The van der Waals surface area contributed by atoms with Gasteiger partial charge in [0.05, 0.1) is 18.5 Å². The van der Waals surface area contributed by atoms with Crippen molar-refractivity contribution >= 4 is 23.6 Å². The summed E-state index contributed by atoms with van der Waals surface area (Å²) in [5, 5.41) is 10.5. The monoisotopic (exact) mass is 306 g/mol. The number of esters is 1. The highest BCUT2D eigenvalue weighted by Crippen LogP contribution is 2.13. The first-order chi connectivity index (χ1) is 10.5. The van der Waals surface area contributed by atoms with Crippen LogP contribution in [0.3, 0.4) is 0 Å². The fraction of sp³-hybridized carbons (Fsp3) is 0.333. The van der Waals surface area contributed by atoms with Crippen molar-refractivity contribution in [2.45, 2.75) is 13.3 Å². The molecule has 0 saturated heterocycles. The molecule has 0 heterocycles. The number of hydrogen-bond acceptors (Lipinski definition) is 5. The molecule has 0 aliphatic carbocycles. The van der Waals surface area contributed by atoms with Crippen LogP contribution in [0, 0.1) is 10.1 Å². The van der Waals surface area contributed by atoms with Crippen molar-refractivity contribution in [1.82, 2.24) is 4.90 Å². The van der Waals surface area contributed by atoms with Crippen LogP contribution in [0.2, 0.25) is 0 Å². The Hall–Kier alpha value is -2.70. The van der Waals surface area contributed by atoms with E-state index in [1.807, 2.05) is 6.92 Å². The molecule has 0 saturated carbocycles. The second-order valence-electron chi connectivity index (χ2n) is 4.43. The fourth-order valence-electron chi connectivity index (χ4n) is 1.73. The Balaban J connectivity index is 2.64. The van der Waals surface area contributed by atoms with E-state index in [0.29, 0.717) is 12.1 Å². The van der Waals surface area contributed by atoms with Crippen molar-refractivity contribution in [1.29, 1.82) is 0 Å². The molecule has 0 aromatic heterocycles. The minimum atomic E-state index is -0.482. The number of nitro benzene ring substituents is 1. The predicted octanol–water partition coefficient (Wildman–Crippen LogP) is 2.02. The Labute approximate surface area is 128 Å². The number of amides is 1. The van der Waals surface area contributed by atoms with Crippen LogP contribution in [0.5, 0.6) is 0 Å². The maximum Gasteiger partial charge on any atom is 0.307 e. The van der Waals surface area contributed by atoms with E-state index in [9.17, 15) is 19.7 Å². The number of likely N-dealkylation sites (N-methyl/N-ethyl adjacent to an activating group) is 1. The van der Waals surface area contributed by atoms with Gasteiger partial charge in [0.1, 0.15) is 0 Å². The van der Waals surface area contributed by atoms with Crippen molar-refractivity contribution in [2.75, 3.05) is 20.2 Å². The molecule has 118 valence electrons. The largest absolute Gasteiger partial charge is 0.469 e. The number of ether oxygens (including phenoxy) is 1. The molecule has 0 N–H and O–H groups in total. The summed E-state index contributed by atoms with van der Waals surface area (Å²) < 4.78 is 4.53. The van der Waals surface area contributed by atoms with Gasteiger partial charge in [-0.1, -0.05) is 0 Å². The van der Waals surface area contributed by atoms with E-state index >= 15 is 0 Å². The zero-order valence-electron chi connectivity index (χ0n) is 12.5. The predicted molar refractivity (Wildman–Crippen MR) is 81.0 cm³/mol. The van der Waals surface area contributed by atoms with Crippen molar-refractivity contribution in [3.05, 3.63) is 46.0 Å². The first kappa shape index (κ1) is 17.4. The number of rotatable bonds is 7. The van der Waals surface area contributed by atoms with Gasteiger partial charge in [-0.25, -0.2) is 0 Å². The minimum absolute atomic E-state index is 0.00302. The number of hydrogen-bond donors (Lipinski definition) is 0. The summed E-state index contributed by atoms with van der Waals surface area (Å²) in [7, 11) is 1.30. The molecule has 0 fully saturated rings. The molecule has 0 aliphatic heterocycles. The molecule has 1 aromatic rings. The van der Waals surface area contributed by atoms with Gasteiger partial charge in [0.2, 0.25) is 5.91 Å². The van der Waals surface area contributed by atoms with E-state index in [4.69, 9.17) is 0 Å². The second kappa shape index (κ2) is 8.56. The standard InChI is InChI=1S/C15H18N2O5/c1-3-16(11-10-15(19)22-2)14(18)9-6-12-4-7-13(8-5-12)17(20)21/h4-9H,3,10-11H2,1-2H3. The molecule has 0 radical (unpaired) electrons. The van der Waals surface area contributed by atoms with Gasteiger partial charge < -0.3 is 9.64 Å². The molecule has 1 amide bonds. The smallest absolute Gasteiger partial charge is 0.307 e. The quantitative estimate of drug-likeness (QED) is 0.333. The van der Waals surface area contributed by atoms with E-state index in [0.717, 1.165) is 0 Å². The highest BCUT2D eigenvalue weighted by Gasteiger charge is 2.11. The van der Waals surface area contributed by atoms with E-state index < -0.39 is 4.92 Å². The zero-order chi connectivity index (χ0) is 16.5. The third-order valence-corrected chi connectivity index (χ3v) is 3.03. The summed E-state index contributed by atoms with van der Waals surface area (Å²) in [5.74, 6) is -0.602. The lowest BCUT2D eigenvalue weighted by Crippen LogP contribution is -2.31. The van der Waals surface area contributed by atoms with Crippen LogP contribution in [0.25, 0.3) is 6.08 Å². The highest BCUT2D eigenvalue weighted by molar-refractivity contribution is 5.92. The minimum Gasteiger partial charge on any atom is -0.469 e. The molecule has 0 spiro atoms. The Kier molecular flexibility index (Phi) is 6.75. The molecule has 1 aromatic carbocycles. The molecule has 0 bridgehead atoms. The van der Waals surface area contributed by atoms with Gasteiger partial charge in [-0.15, -0.1) is 0 Å². The number of benzene rings is 1. The van der Waals surface area contributed by atoms with Crippen LogP contribution in [0.15, 0.2) is 30.3 Å². The van der Waals surface area contributed by atoms with Crippen LogP contribution < -0.4 is 0 Å². The second-order valence-corrected chi connectivity index (χ2v) is 4.43. The van der Waals surface area contributed by atoms with Crippen molar-refractivity contribution in [3.63, 3.8) is 0 Å². The van der Waals surface area contributed by atoms with Crippen molar-refractivity contribution in [2.24, 2.45) is 0 Å². The molecule has 0 atom stereocenters. The van der Waals surface area contributed by atoms with Gasteiger partial charge in [-0.3, -0.25) is 19.7 Å². The summed E-state index contributed by atoms with van der Waals surface area (Å²) in [6.07, 6.45) is 3.09. The van der Waals surface area contributed by atoms with Gasteiger partial charge in [0.15, 0.2) is 0 Å². The maximum absolute atomic E-state index is 12.0. The molecule has 7 heteroatoms. The van der Waals surface area contributed by atoms with Gasteiger partial charge >= 0.3 is 5.97 Å². The molecule has 0 aliphatic rings. The molecule has 1 rings (SSSR count). The number of nitrogens with zero attached hydrogens (tertiary/aromatic N) is 2. The molecule has 0 unspecified atom stereocenters. The Morgan fingerprint density at radius 1 is 1.32 bits per heavy atom. The van der Waals surface area contributed by atoms with Crippen LogP contribution >= 0.6 is 0 Å². The normalized spacial score (nSPS) is 10.5. The molecular weight excluding hydrogens is 288 g/mol. The summed E-state index contributed by atoms with van der Waals surface area (Å²) in [4.78, 5) is 34.7. The molecular formula is C15H18N2O5. The topological polar surface area (TPSA) is 89.8 Å². The number of methoxy groups -OCH3 is 1. The van der Waals surface area contributed by atoms with E-state index in [1.54, 1.807) is 18.2 Å². The van der Waals surface area contributed by atoms with Crippen molar-refractivity contribution < 1.29 is 19.2 Å². The summed E-state index contributed by atoms with van der Waals surface area (Å²) in [6, 6.07) is 5.87. The summed E-state index contributed by atoms with van der Waals surface area (Å²) >= 11 is 0. The van der Waals surface area contributed by atoms with E-state index in [-0.39, 0.29) is 30.5 Å². The third kappa shape index (κ3) is 5.35. The lowest BCUT2D eigenvalue weighted by atomic mass is 10.2. The number of carbonyl (C=O) groups is 2. The highest BCUT2D eigenvalue weighted by atomic mass is 16.6. The SMILES string of the molecule is CCN(CCC(=O)OC)C(=O)C=Cc1ccc([N+](=O)[O-])cc1. The van der Waals surface area contributed by atoms with Crippen LogP contribution in [-0.4, -0.2) is 41.9 Å². The van der Waals surface area contributed by atoms with Gasteiger partial charge in [-0.2, -0.15) is 0 Å². The van der Waals surface area contributed by atoms with Crippen LogP contribution in [-0.2, 0) is 14.3 Å². The Bertz CT molecular complexity index is 566. The van der Waals surface area contributed by atoms with Gasteiger partial charge in [0, 0.05) is 31.3 Å². The first-order valence-corrected chi connectivity index (χ1v) is 6.76. The lowest BCUT2D eigenvalue weighted by Gasteiger charge is -2.18. The maximum atomic E-state index is 12.0. The third-order valence-electron chi connectivity index (χ3n) is 3.03. The Morgan fingerprint density at radius 3 is 2.45 bits per heavy atom. The van der Waals surface area contributed by atoms with Crippen LogP contribution in [0.4, 0.5) is 5.69 Å². The van der Waals surface area contributed by atoms with Gasteiger partial charge in [0.25, 0.3) is 5.69 Å². The average molecular weight is 306 g/mol. The van der Waals surface area contributed by atoms with Crippen molar-refractivity contribution in [3.8, 4) is 0 Å². The number of non-ortho nitro benzene ring substituents is 1. The number of carbonyl (C=O) groups excluding carboxylic acids is 2. The number of nitro groups is 1. The molecule has 7 nitrogen and oxygen atoms in total. The van der Waals surface area contributed by atoms with E-state index in [1.165, 1.54) is 30.2 Å². The average Bonchev–Trinajstić information content (AvgIpc) is 2.53. The van der Waals surface area contributed by atoms with E-state index in [2.05, 4.69) is 4.74 Å². The van der Waals surface area contributed by atoms with Crippen LogP contribution in [0.1, 0.15) is 18.9 Å². The molecule has 22 heavy (non-hydrogen) atoms. The van der Waals surface area contributed by atoms with Gasteiger partial charge in [-0.05, 0) is 30.7 Å². The fourth-order valence-corrected chi connectivity index (χ4v) is 1.73. The first-order valence-electron chi connectivity index (χ1n) is 6.76. The summed E-state index contributed by atoms with van der Waals surface area (Å²) in [5.41, 5.74) is 0.680. The lowest BCUT2D eigenvalue weighted by molar-refractivity contribution is -0.384.